The molecule has 3 N–H and O–H groups in total. The molecule has 0 atom stereocenters. The van der Waals surface area contributed by atoms with Crippen LogP contribution in [-0.2, 0) is 0 Å². The van der Waals surface area contributed by atoms with Crippen molar-refractivity contribution in [3.8, 4) is 5.69 Å². The summed E-state index contributed by atoms with van der Waals surface area (Å²) < 4.78 is 15.5. The third-order valence-electron chi connectivity index (χ3n) is 2.80. The number of hydrogen-bond donors (Lipinski definition) is 2. The van der Waals surface area contributed by atoms with Crippen LogP contribution in [0.5, 0.6) is 0 Å². The van der Waals surface area contributed by atoms with Gasteiger partial charge in [-0.3, -0.25) is 0 Å². The van der Waals surface area contributed by atoms with E-state index in [1.807, 2.05) is 19.9 Å². The lowest BCUT2D eigenvalue weighted by molar-refractivity contribution is 0.318. The quantitative estimate of drug-likeness (QED) is 0.385. The van der Waals surface area contributed by atoms with E-state index in [4.69, 9.17) is 10.9 Å². The Balaban J connectivity index is 2.40. The smallest absolute Gasteiger partial charge is 0.170 e. The second-order valence-corrected chi connectivity index (χ2v) is 4.49. The summed E-state index contributed by atoms with van der Waals surface area (Å²) in [6, 6.07) is 6.17. The van der Waals surface area contributed by atoms with E-state index in [1.165, 1.54) is 10.7 Å². The van der Waals surface area contributed by atoms with Crippen LogP contribution in [0.15, 0.2) is 35.6 Å². The first-order chi connectivity index (χ1) is 9.02. The molecule has 0 radical (unpaired) electrons. The SMILES string of the molecule is CC(C)c1ccn(-c2ccc(/C(N)=N/O)cc2F)n1. The molecular formula is C13H15FN4O. The van der Waals surface area contributed by atoms with Crippen LogP contribution in [0.2, 0.25) is 0 Å². The predicted octanol–water partition coefficient (Wildman–Crippen LogP) is 2.23. The molecule has 0 aliphatic carbocycles. The molecule has 1 heterocycles. The van der Waals surface area contributed by atoms with E-state index >= 15 is 0 Å². The standard InChI is InChI=1S/C13H15FN4O/c1-8(2)11-5-6-18(16-11)12-4-3-9(7-10(12)14)13(15)17-19/h3-8,19H,1-2H3,(H2,15,17). The fourth-order valence-corrected chi connectivity index (χ4v) is 1.69. The Bertz CT molecular complexity index is 619. The number of nitrogens with zero attached hydrogens (tertiary/aromatic N) is 3. The molecule has 0 aliphatic rings. The Kier molecular flexibility index (Phi) is 3.50. The van der Waals surface area contributed by atoms with Crippen molar-refractivity contribution in [2.75, 3.05) is 0 Å². The summed E-state index contributed by atoms with van der Waals surface area (Å²) in [5.41, 5.74) is 6.94. The minimum absolute atomic E-state index is 0.131. The summed E-state index contributed by atoms with van der Waals surface area (Å²) >= 11 is 0. The molecule has 2 rings (SSSR count). The largest absolute Gasteiger partial charge is 0.409 e. The number of aromatic nitrogens is 2. The number of oxime groups is 1. The average molecular weight is 262 g/mol. The van der Waals surface area contributed by atoms with E-state index in [9.17, 15) is 4.39 Å². The fourth-order valence-electron chi connectivity index (χ4n) is 1.69. The lowest BCUT2D eigenvalue weighted by Gasteiger charge is -2.06. The molecule has 0 bridgehead atoms. The Morgan fingerprint density at radius 2 is 2.16 bits per heavy atom. The van der Waals surface area contributed by atoms with Crippen molar-refractivity contribution in [1.29, 1.82) is 0 Å². The zero-order chi connectivity index (χ0) is 14.0. The lowest BCUT2D eigenvalue weighted by Crippen LogP contribution is -2.13. The van der Waals surface area contributed by atoms with Crippen molar-refractivity contribution in [3.05, 3.63) is 47.5 Å². The molecule has 1 aromatic heterocycles. The van der Waals surface area contributed by atoms with Crippen molar-refractivity contribution in [2.24, 2.45) is 10.9 Å². The summed E-state index contributed by atoms with van der Waals surface area (Å²) in [5.74, 6) is -0.336. The molecular weight excluding hydrogens is 247 g/mol. The number of hydrogen-bond acceptors (Lipinski definition) is 3. The van der Waals surface area contributed by atoms with Gasteiger partial charge in [-0.2, -0.15) is 5.10 Å². The molecule has 0 saturated carbocycles. The van der Waals surface area contributed by atoms with Crippen LogP contribution in [0, 0.1) is 5.82 Å². The van der Waals surface area contributed by atoms with Gasteiger partial charge in [-0.05, 0) is 30.2 Å². The van der Waals surface area contributed by atoms with Gasteiger partial charge < -0.3 is 10.9 Å². The molecule has 0 saturated heterocycles. The first kappa shape index (κ1) is 13.1. The second kappa shape index (κ2) is 5.09. The van der Waals surface area contributed by atoms with Gasteiger partial charge in [0.25, 0.3) is 0 Å². The fraction of sp³-hybridized carbons (Fsp3) is 0.231. The highest BCUT2D eigenvalue weighted by atomic mass is 19.1. The Morgan fingerprint density at radius 1 is 1.42 bits per heavy atom. The van der Waals surface area contributed by atoms with Crippen LogP contribution in [0.25, 0.3) is 5.69 Å². The molecule has 19 heavy (non-hydrogen) atoms. The van der Waals surface area contributed by atoms with Crippen molar-refractivity contribution in [2.45, 2.75) is 19.8 Å². The molecule has 0 unspecified atom stereocenters. The van der Waals surface area contributed by atoms with E-state index in [2.05, 4.69) is 10.3 Å². The normalized spacial score (nSPS) is 12.1. The average Bonchev–Trinajstić information content (AvgIpc) is 2.87. The molecule has 5 nitrogen and oxygen atoms in total. The highest BCUT2D eigenvalue weighted by Crippen LogP contribution is 2.17. The number of amidine groups is 1. The molecule has 1 aromatic carbocycles. The first-order valence-electron chi connectivity index (χ1n) is 5.86. The number of rotatable bonds is 3. The zero-order valence-corrected chi connectivity index (χ0v) is 10.7. The van der Waals surface area contributed by atoms with Crippen LogP contribution >= 0.6 is 0 Å². The number of benzene rings is 1. The van der Waals surface area contributed by atoms with Gasteiger partial charge in [0.15, 0.2) is 5.84 Å². The maximum absolute atomic E-state index is 14.0. The molecule has 6 heteroatoms. The van der Waals surface area contributed by atoms with E-state index < -0.39 is 5.82 Å². The summed E-state index contributed by atoms with van der Waals surface area (Å²) in [6.45, 7) is 4.04. The van der Waals surface area contributed by atoms with Crippen LogP contribution in [-0.4, -0.2) is 20.8 Å². The van der Waals surface area contributed by atoms with E-state index in [-0.39, 0.29) is 11.8 Å². The molecule has 0 aliphatic heterocycles. The monoisotopic (exact) mass is 262 g/mol. The van der Waals surface area contributed by atoms with Gasteiger partial charge in [0.1, 0.15) is 11.5 Å². The molecule has 100 valence electrons. The third kappa shape index (κ3) is 2.57. The van der Waals surface area contributed by atoms with E-state index in [0.717, 1.165) is 5.69 Å². The van der Waals surface area contributed by atoms with Crippen LogP contribution < -0.4 is 5.73 Å². The minimum Gasteiger partial charge on any atom is -0.409 e. The van der Waals surface area contributed by atoms with E-state index in [0.29, 0.717) is 11.3 Å². The highest BCUT2D eigenvalue weighted by Gasteiger charge is 2.10. The van der Waals surface area contributed by atoms with Gasteiger partial charge in [-0.25, -0.2) is 9.07 Å². The first-order valence-corrected chi connectivity index (χ1v) is 5.86. The zero-order valence-electron chi connectivity index (χ0n) is 10.7. The molecule has 2 aromatic rings. The van der Waals surface area contributed by atoms with Gasteiger partial charge in [-0.1, -0.05) is 19.0 Å². The van der Waals surface area contributed by atoms with Crippen LogP contribution in [0.3, 0.4) is 0 Å². The van der Waals surface area contributed by atoms with Crippen molar-refractivity contribution >= 4 is 5.84 Å². The van der Waals surface area contributed by atoms with Crippen LogP contribution in [0.4, 0.5) is 4.39 Å². The summed E-state index contributed by atoms with van der Waals surface area (Å²) in [4.78, 5) is 0. The minimum atomic E-state index is -0.484. The van der Waals surface area contributed by atoms with Crippen molar-refractivity contribution in [1.82, 2.24) is 9.78 Å². The summed E-state index contributed by atoms with van der Waals surface area (Å²) in [7, 11) is 0. The van der Waals surface area contributed by atoms with Gasteiger partial charge in [0.05, 0.1) is 5.69 Å². The Hall–Kier alpha value is -2.37. The lowest BCUT2D eigenvalue weighted by atomic mass is 10.1. The van der Waals surface area contributed by atoms with Gasteiger partial charge in [0.2, 0.25) is 0 Å². The van der Waals surface area contributed by atoms with Crippen molar-refractivity contribution in [3.63, 3.8) is 0 Å². The molecule has 0 amide bonds. The van der Waals surface area contributed by atoms with Crippen LogP contribution in [0.1, 0.15) is 31.0 Å². The van der Waals surface area contributed by atoms with E-state index in [1.54, 1.807) is 18.3 Å². The number of halogens is 1. The molecule has 0 spiro atoms. The third-order valence-corrected chi connectivity index (χ3v) is 2.80. The van der Waals surface area contributed by atoms with Crippen molar-refractivity contribution < 1.29 is 9.60 Å². The Labute approximate surface area is 110 Å². The van der Waals surface area contributed by atoms with Gasteiger partial charge >= 0.3 is 0 Å². The molecule has 0 fully saturated rings. The topological polar surface area (TPSA) is 76.4 Å². The summed E-state index contributed by atoms with van der Waals surface area (Å²) in [6.07, 6.45) is 1.71. The predicted molar refractivity (Wildman–Crippen MR) is 70.1 cm³/mol. The summed E-state index contributed by atoms with van der Waals surface area (Å²) in [5, 5.41) is 15.7. The second-order valence-electron chi connectivity index (χ2n) is 4.49. The van der Waals surface area contributed by atoms with Gasteiger partial charge in [0, 0.05) is 11.8 Å². The number of nitrogens with two attached hydrogens (primary N) is 1. The maximum atomic E-state index is 14.0. The Morgan fingerprint density at radius 3 is 2.68 bits per heavy atom. The highest BCUT2D eigenvalue weighted by molar-refractivity contribution is 5.97. The van der Waals surface area contributed by atoms with Gasteiger partial charge in [-0.15, -0.1) is 0 Å². The maximum Gasteiger partial charge on any atom is 0.170 e.